The fourth-order valence-electron chi connectivity index (χ4n) is 7.76. The molecule has 0 amide bonds. The number of rotatable bonds is 5. The fraction of sp³-hybridized carbons (Fsp3) is 0.0625. The summed E-state index contributed by atoms with van der Waals surface area (Å²) in [4.78, 5) is 15.3. The Kier molecular flexibility index (Phi) is 5.70. The van der Waals surface area contributed by atoms with Gasteiger partial charge in [-0.15, -0.1) is 0 Å². The van der Waals surface area contributed by atoms with Crippen LogP contribution in [0.15, 0.2) is 168 Å². The summed E-state index contributed by atoms with van der Waals surface area (Å²) in [6.45, 7) is 4.50. The van der Waals surface area contributed by atoms with Crippen molar-refractivity contribution in [1.82, 2.24) is 15.0 Å². The van der Waals surface area contributed by atoms with Gasteiger partial charge in [-0.3, -0.25) is 0 Å². The van der Waals surface area contributed by atoms with Crippen LogP contribution in [0.5, 0.6) is 0 Å². The summed E-state index contributed by atoms with van der Waals surface area (Å²) < 4.78 is 49.5. The lowest BCUT2D eigenvalue weighted by atomic mass is 9.80. The lowest BCUT2D eigenvalue weighted by Crippen LogP contribution is -2.17. The molecule has 52 heavy (non-hydrogen) atoms. The molecule has 4 heteroatoms. The summed E-state index contributed by atoms with van der Waals surface area (Å²) in [5, 5.41) is 1.56. The van der Waals surface area contributed by atoms with Gasteiger partial charge in [0, 0.05) is 38.4 Å². The molecular weight excluding hydrogens is 635 g/mol. The minimum absolute atomic E-state index is 0.0816. The van der Waals surface area contributed by atoms with Gasteiger partial charge in [-0.1, -0.05) is 153 Å². The van der Waals surface area contributed by atoms with E-state index in [0.717, 1.165) is 33.0 Å². The minimum Gasteiger partial charge on any atom is -0.455 e. The Hall–Kier alpha value is -6.65. The molecule has 0 fully saturated rings. The van der Waals surface area contributed by atoms with E-state index in [0.29, 0.717) is 39.8 Å². The lowest BCUT2D eigenvalue weighted by molar-refractivity contribution is 0.661. The van der Waals surface area contributed by atoms with Crippen LogP contribution in [0, 0.1) is 0 Å². The van der Waals surface area contributed by atoms with Gasteiger partial charge in [0.05, 0.1) is 6.85 Å². The number of nitrogens with zero attached hydrogens (tertiary/aromatic N) is 3. The van der Waals surface area contributed by atoms with Gasteiger partial charge in [-0.25, -0.2) is 15.0 Å². The van der Waals surface area contributed by atoms with E-state index in [1.165, 1.54) is 22.3 Å². The Morgan fingerprint density at radius 1 is 0.481 bits per heavy atom. The van der Waals surface area contributed by atoms with Gasteiger partial charge in [0.25, 0.3) is 0 Å². The van der Waals surface area contributed by atoms with E-state index in [9.17, 15) is 0 Å². The van der Waals surface area contributed by atoms with Crippen LogP contribution in [-0.2, 0) is 5.41 Å². The molecule has 7 aromatic carbocycles. The van der Waals surface area contributed by atoms with Crippen molar-refractivity contribution >= 4 is 21.9 Å². The van der Waals surface area contributed by atoms with Crippen LogP contribution in [0.3, 0.4) is 0 Å². The van der Waals surface area contributed by atoms with E-state index in [1.54, 1.807) is 0 Å². The molecule has 0 unspecified atom stereocenters. The first-order valence-corrected chi connectivity index (χ1v) is 17.3. The van der Waals surface area contributed by atoms with Gasteiger partial charge in [-0.2, -0.15) is 0 Å². The highest BCUT2D eigenvalue weighted by Gasteiger charge is 2.38. The van der Waals surface area contributed by atoms with E-state index in [-0.39, 0.29) is 23.1 Å². The molecule has 0 bridgehead atoms. The van der Waals surface area contributed by atoms with E-state index in [4.69, 9.17) is 26.2 Å². The van der Waals surface area contributed by atoms with E-state index >= 15 is 0 Å². The van der Waals surface area contributed by atoms with Crippen molar-refractivity contribution in [3.63, 3.8) is 0 Å². The predicted octanol–water partition coefficient (Wildman–Crippen LogP) is 12.4. The van der Waals surface area contributed by atoms with Crippen LogP contribution in [-0.4, -0.2) is 15.0 Å². The lowest BCUT2D eigenvalue weighted by Gasteiger charge is -2.24. The van der Waals surface area contributed by atoms with Crippen LogP contribution in [0.1, 0.15) is 31.8 Å². The monoisotopic (exact) mass is 672 g/mol. The maximum Gasteiger partial charge on any atom is 0.164 e. The largest absolute Gasteiger partial charge is 0.455 e. The molecule has 0 spiro atoms. The van der Waals surface area contributed by atoms with Crippen LogP contribution in [0.4, 0.5) is 0 Å². The number of fused-ring (bicyclic) bond motifs is 6. The zero-order chi connectivity index (χ0) is 39.2. The molecule has 0 aliphatic heterocycles. The van der Waals surface area contributed by atoms with Crippen LogP contribution < -0.4 is 0 Å². The second-order valence-electron chi connectivity index (χ2n) is 13.7. The van der Waals surface area contributed by atoms with Gasteiger partial charge in [0.1, 0.15) is 11.2 Å². The average molecular weight is 673 g/mol. The Morgan fingerprint density at radius 3 is 1.92 bits per heavy atom. The van der Waals surface area contributed by atoms with Crippen LogP contribution >= 0.6 is 0 Å². The molecule has 0 N–H and O–H groups in total. The van der Waals surface area contributed by atoms with Crippen molar-refractivity contribution in [3.05, 3.63) is 175 Å². The molecule has 2 heterocycles. The van der Waals surface area contributed by atoms with E-state index in [1.807, 2.05) is 91.0 Å². The number of hydrogen-bond acceptors (Lipinski definition) is 4. The zero-order valence-corrected chi connectivity index (χ0v) is 28.5. The highest BCUT2D eigenvalue weighted by Crippen LogP contribution is 2.52. The van der Waals surface area contributed by atoms with Crippen molar-refractivity contribution in [2.75, 3.05) is 0 Å². The first-order chi connectivity index (χ1) is 27.6. The van der Waals surface area contributed by atoms with Gasteiger partial charge >= 0.3 is 0 Å². The summed E-state index contributed by atoms with van der Waals surface area (Å²) in [5.74, 6) is 1.59. The number of hydrogen-bond donors (Lipinski definition) is 0. The van der Waals surface area contributed by atoms with Crippen molar-refractivity contribution < 1.29 is 11.3 Å². The van der Waals surface area contributed by atoms with Gasteiger partial charge in [0.15, 0.2) is 17.5 Å². The maximum absolute atomic E-state index is 8.86. The molecule has 9 aromatic rings. The van der Waals surface area contributed by atoms with E-state index < -0.39 is 18.1 Å². The summed E-state index contributed by atoms with van der Waals surface area (Å²) >= 11 is 0. The second kappa shape index (κ2) is 11.7. The molecule has 4 nitrogen and oxygen atoms in total. The Bertz CT molecular complexity index is 3080. The van der Waals surface area contributed by atoms with Crippen molar-refractivity contribution in [1.29, 1.82) is 0 Å². The first kappa shape index (κ1) is 25.3. The average Bonchev–Trinajstić information content (AvgIpc) is 3.74. The molecule has 246 valence electrons. The molecule has 0 saturated heterocycles. The summed E-state index contributed by atoms with van der Waals surface area (Å²) in [5.41, 5.74) is 10.3. The van der Waals surface area contributed by atoms with Crippen LogP contribution in [0.2, 0.25) is 0 Å². The van der Waals surface area contributed by atoms with Gasteiger partial charge < -0.3 is 4.42 Å². The summed E-state index contributed by atoms with van der Waals surface area (Å²) in [7, 11) is 0. The van der Waals surface area contributed by atoms with Crippen molar-refractivity contribution in [3.8, 4) is 67.5 Å². The molecule has 2 aromatic heterocycles. The second-order valence-corrected chi connectivity index (χ2v) is 13.7. The Labute approximate surface area is 309 Å². The first-order valence-electron chi connectivity index (χ1n) is 19.8. The minimum atomic E-state index is -0.446. The van der Waals surface area contributed by atoms with Gasteiger partial charge in [-0.05, 0) is 63.2 Å². The van der Waals surface area contributed by atoms with Gasteiger partial charge in [0.2, 0.25) is 0 Å². The smallest absolute Gasteiger partial charge is 0.164 e. The quantitative estimate of drug-likeness (QED) is 0.183. The zero-order valence-electron chi connectivity index (χ0n) is 33.5. The predicted molar refractivity (Wildman–Crippen MR) is 212 cm³/mol. The summed E-state index contributed by atoms with van der Waals surface area (Å²) in [6.07, 6.45) is 0. The maximum atomic E-state index is 8.86. The fourth-order valence-corrected chi connectivity index (χ4v) is 7.76. The number of aromatic nitrogens is 3. The Morgan fingerprint density at radius 2 is 1.13 bits per heavy atom. The van der Waals surface area contributed by atoms with Crippen LogP contribution in [0.25, 0.3) is 89.5 Å². The molecule has 1 aliphatic carbocycles. The topological polar surface area (TPSA) is 51.8 Å². The standard InChI is InChI=1S/C48H33N3O/c1-48(2)41-24-13-12-21-35(41)37-22-14-23-38(43(37)48)47-50-45(32-19-10-5-11-20-32)49-46(51-47)33-25-26-36-40-28-34(30-15-6-3-7-16-30)27-39(31-17-8-4-9-18-31)44(40)52-42(36)29-33/h3-29H,1-2H3/i4D,8D,9D,17D,18D. The SMILES string of the molecule is [2H]c1c([2H])c([2H])c(-c2cc(-c3ccccc3)cc3c2oc2cc(-c4nc(-c5ccccc5)nc(-c5cccc6c5C(C)(C)c5ccccc5-6)n4)ccc23)c([2H])c1[2H]. The molecule has 10 rings (SSSR count). The molecule has 0 saturated carbocycles. The Balaban J connectivity index is 1.20. The molecule has 0 radical (unpaired) electrons. The normalized spacial score (nSPS) is 14.3. The highest BCUT2D eigenvalue weighted by atomic mass is 16.3. The van der Waals surface area contributed by atoms with E-state index in [2.05, 4.69) is 56.3 Å². The number of benzene rings is 7. The number of furan rings is 1. The van der Waals surface area contributed by atoms with Crippen molar-refractivity contribution in [2.24, 2.45) is 0 Å². The molecule has 1 aliphatic rings. The third-order valence-corrected chi connectivity index (χ3v) is 10.2. The molecule has 0 atom stereocenters. The third kappa shape index (κ3) is 4.79. The molecular formula is C48H33N3O. The summed E-state index contributed by atoms with van der Waals surface area (Å²) in [6, 6.07) is 42.4. The highest BCUT2D eigenvalue weighted by molar-refractivity contribution is 6.12. The third-order valence-electron chi connectivity index (χ3n) is 10.2. The van der Waals surface area contributed by atoms with Crippen molar-refractivity contribution in [2.45, 2.75) is 19.3 Å².